The molecule has 1 aliphatic rings. The van der Waals surface area contributed by atoms with Crippen LogP contribution >= 0.6 is 24.0 Å². The van der Waals surface area contributed by atoms with Crippen LogP contribution in [0.3, 0.4) is 0 Å². The molecule has 1 aliphatic heterocycles. The van der Waals surface area contributed by atoms with Crippen LogP contribution in [0.4, 0.5) is 4.39 Å². The van der Waals surface area contributed by atoms with Crippen molar-refractivity contribution < 1.29 is 9.18 Å². The van der Waals surface area contributed by atoms with Gasteiger partial charge in [-0.15, -0.1) is 12.4 Å². The van der Waals surface area contributed by atoms with E-state index in [1.807, 2.05) is 19.4 Å². The minimum Gasteiger partial charge on any atom is -0.341 e. The van der Waals surface area contributed by atoms with E-state index >= 15 is 0 Å². The number of hydrogen-bond donors (Lipinski definition) is 1. The summed E-state index contributed by atoms with van der Waals surface area (Å²) in [6, 6.07) is 4.24. The zero-order valence-electron chi connectivity index (χ0n) is 14.1. The average molecular weight is 387 g/mol. The monoisotopic (exact) mass is 386 g/mol. The van der Waals surface area contributed by atoms with Gasteiger partial charge in [0.2, 0.25) is 5.91 Å². The molecule has 136 valence electrons. The van der Waals surface area contributed by atoms with Gasteiger partial charge in [0.25, 0.3) is 0 Å². The van der Waals surface area contributed by atoms with Crippen LogP contribution in [-0.2, 0) is 18.4 Å². The number of rotatable bonds is 4. The minimum atomic E-state index is -0.380. The maximum Gasteiger partial charge on any atom is 0.227 e. The molecule has 0 bridgehead atoms. The Labute approximate surface area is 157 Å². The zero-order chi connectivity index (χ0) is 17.3. The van der Waals surface area contributed by atoms with Gasteiger partial charge in [0.05, 0.1) is 12.1 Å². The highest BCUT2D eigenvalue weighted by molar-refractivity contribution is 6.31. The molecule has 2 aromatic rings. The van der Waals surface area contributed by atoms with Crippen molar-refractivity contribution in [3.63, 3.8) is 0 Å². The number of halogens is 3. The molecule has 1 saturated heterocycles. The third kappa shape index (κ3) is 4.32. The van der Waals surface area contributed by atoms with Crippen molar-refractivity contribution in [3.05, 3.63) is 52.6 Å². The fourth-order valence-corrected chi connectivity index (χ4v) is 3.41. The molecule has 1 amide bonds. The van der Waals surface area contributed by atoms with Crippen LogP contribution in [-0.4, -0.2) is 40.7 Å². The second-order valence-electron chi connectivity index (χ2n) is 6.25. The quantitative estimate of drug-likeness (QED) is 0.878. The predicted molar refractivity (Wildman–Crippen MR) is 97.4 cm³/mol. The van der Waals surface area contributed by atoms with Crippen LogP contribution in [0.5, 0.6) is 0 Å². The summed E-state index contributed by atoms with van der Waals surface area (Å²) in [6.45, 7) is 1.75. The first-order valence-corrected chi connectivity index (χ1v) is 8.21. The van der Waals surface area contributed by atoms with Gasteiger partial charge in [-0.25, -0.2) is 4.39 Å². The van der Waals surface area contributed by atoms with Crippen LogP contribution in [0.25, 0.3) is 0 Å². The average Bonchev–Trinajstić information content (AvgIpc) is 3.17. The smallest absolute Gasteiger partial charge is 0.227 e. The third-order valence-corrected chi connectivity index (χ3v) is 4.84. The van der Waals surface area contributed by atoms with Crippen LogP contribution in [0.15, 0.2) is 30.6 Å². The maximum absolute atomic E-state index is 13.1. The molecule has 5 nitrogen and oxygen atoms in total. The maximum atomic E-state index is 13.1. The molecule has 0 saturated carbocycles. The molecule has 1 aromatic heterocycles. The van der Waals surface area contributed by atoms with E-state index < -0.39 is 0 Å². The summed E-state index contributed by atoms with van der Waals surface area (Å²) in [6.07, 6.45) is 3.77. The molecule has 0 aliphatic carbocycles. The molecule has 0 spiro atoms. The van der Waals surface area contributed by atoms with E-state index in [1.54, 1.807) is 22.7 Å². The number of hydrogen-bond acceptors (Lipinski definition) is 3. The predicted octanol–water partition coefficient (Wildman–Crippen LogP) is 2.60. The molecule has 2 atom stereocenters. The molecular formula is C17H21Cl2FN4O. The molecule has 25 heavy (non-hydrogen) atoms. The number of nitrogens with one attached hydrogen (secondary N) is 1. The zero-order valence-corrected chi connectivity index (χ0v) is 15.6. The summed E-state index contributed by atoms with van der Waals surface area (Å²) in [4.78, 5) is 14.5. The van der Waals surface area contributed by atoms with E-state index in [-0.39, 0.29) is 36.0 Å². The van der Waals surface area contributed by atoms with Crippen LogP contribution < -0.4 is 5.32 Å². The van der Waals surface area contributed by atoms with E-state index in [1.165, 1.54) is 12.1 Å². The fraction of sp³-hybridized carbons (Fsp3) is 0.412. The first-order valence-electron chi connectivity index (χ1n) is 7.84. The van der Waals surface area contributed by atoms with Gasteiger partial charge < -0.3 is 10.2 Å². The molecule has 0 unspecified atom stereocenters. The van der Waals surface area contributed by atoms with E-state index in [0.717, 1.165) is 17.7 Å². The lowest BCUT2D eigenvalue weighted by Gasteiger charge is -2.24. The van der Waals surface area contributed by atoms with Gasteiger partial charge in [-0.2, -0.15) is 5.10 Å². The Morgan fingerprint density at radius 1 is 1.48 bits per heavy atom. The van der Waals surface area contributed by atoms with Gasteiger partial charge in [0.15, 0.2) is 0 Å². The Balaban J connectivity index is 0.00000225. The Bertz CT molecular complexity index is 752. The van der Waals surface area contributed by atoms with Crippen LogP contribution in [0.1, 0.15) is 17.0 Å². The lowest BCUT2D eigenvalue weighted by Crippen LogP contribution is -2.35. The Morgan fingerprint density at radius 2 is 2.24 bits per heavy atom. The minimum absolute atomic E-state index is 0. The molecule has 0 radical (unpaired) electrons. The Morgan fingerprint density at radius 3 is 2.88 bits per heavy atom. The van der Waals surface area contributed by atoms with Crippen molar-refractivity contribution in [1.82, 2.24) is 20.0 Å². The molecule has 1 fully saturated rings. The number of benzene rings is 1. The van der Waals surface area contributed by atoms with Gasteiger partial charge >= 0.3 is 0 Å². The van der Waals surface area contributed by atoms with Crippen molar-refractivity contribution in [2.24, 2.45) is 13.0 Å². The van der Waals surface area contributed by atoms with Crippen LogP contribution in [0.2, 0.25) is 5.02 Å². The highest BCUT2D eigenvalue weighted by Gasteiger charge is 2.36. The summed E-state index contributed by atoms with van der Waals surface area (Å²) >= 11 is 6.06. The van der Waals surface area contributed by atoms with Gasteiger partial charge in [0.1, 0.15) is 5.82 Å². The Hall–Kier alpha value is -1.63. The van der Waals surface area contributed by atoms with Crippen LogP contribution in [0, 0.1) is 11.7 Å². The third-order valence-electron chi connectivity index (χ3n) is 4.48. The van der Waals surface area contributed by atoms with E-state index in [4.69, 9.17) is 11.6 Å². The standard InChI is InChI=1S/C17H20ClFN4O.ClH/c1-22(9-11-3-4-13(19)5-16(11)18)17(24)15-8-20-7-14(15)12-6-21-23(2)10-12;/h3-6,10,14-15,20H,7-9H2,1-2H3;1H/t14-,15+;/m1./s1. The van der Waals surface area contributed by atoms with Gasteiger partial charge in [-0.3, -0.25) is 9.48 Å². The van der Waals surface area contributed by atoms with E-state index in [0.29, 0.717) is 18.1 Å². The first kappa shape index (κ1) is 19.7. The van der Waals surface area contributed by atoms with Gasteiger partial charge in [-0.05, 0) is 23.3 Å². The van der Waals surface area contributed by atoms with Crippen molar-refractivity contribution in [2.45, 2.75) is 12.5 Å². The summed E-state index contributed by atoms with van der Waals surface area (Å²) in [5, 5.41) is 7.82. The molecule has 1 aromatic carbocycles. The number of nitrogens with zero attached hydrogens (tertiary/aromatic N) is 3. The molecular weight excluding hydrogens is 366 g/mol. The number of aryl methyl sites for hydroxylation is 1. The number of carbonyl (C=O) groups is 1. The largest absolute Gasteiger partial charge is 0.341 e. The topological polar surface area (TPSA) is 50.2 Å². The SMILES string of the molecule is CN(Cc1ccc(F)cc1Cl)C(=O)[C@H]1CNC[C@@H]1c1cnn(C)c1.Cl. The summed E-state index contributed by atoms with van der Waals surface area (Å²) < 4.78 is 14.9. The van der Waals surface area contributed by atoms with Gasteiger partial charge in [0, 0.05) is 50.9 Å². The molecule has 3 rings (SSSR count). The van der Waals surface area contributed by atoms with Crippen molar-refractivity contribution in [1.29, 1.82) is 0 Å². The highest BCUT2D eigenvalue weighted by atomic mass is 35.5. The first-order chi connectivity index (χ1) is 11.5. The second-order valence-corrected chi connectivity index (χ2v) is 6.66. The summed E-state index contributed by atoms with van der Waals surface area (Å²) in [5.41, 5.74) is 1.80. The molecule has 1 N–H and O–H groups in total. The van der Waals surface area contributed by atoms with Crippen molar-refractivity contribution in [2.75, 3.05) is 20.1 Å². The number of carbonyl (C=O) groups excluding carboxylic acids is 1. The molecule has 8 heteroatoms. The van der Waals surface area contributed by atoms with Crippen molar-refractivity contribution >= 4 is 29.9 Å². The lowest BCUT2D eigenvalue weighted by atomic mass is 9.90. The lowest BCUT2D eigenvalue weighted by molar-refractivity contribution is -0.134. The highest BCUT2D eigenvalue weighted by Crippen LogP contribution is 2.29. The molecule has 2 heterocycles. The van der Waals surface area contributed by atoms with E-state index in [2.05, 4.69) is 10.4 Å². The van der Waals surface area contributed by atoms with Crippen molar-refractivity contribution in [3.8, 4) is 0 Å². The van der Waals surface area contributed by atoms with Gasteiger partial charge in [-0.1, -0.05) is 17.7 Å². The second kappa shape index (κ2) is 8.17. The summed E-state index contributed by atoms with van der Waals surface area (Å²) in [7, 11) is 3.62. The Kier molecular flexibility index (Phi) is 6.43. The van der Waals surface area contributed by atoms with E-state index in [9.17, 15) is 9.18 Å². The number of aromatic nitrogens is 2. The number of amides is 1. The summed E-state index contributed by atoms with van der Waals surface area (Å²) in [5.74, 6) is -0.362. The fourth-order valence-electron chi connectivity index (χ4n) is 3.19. The normalized spacial score (nSPS) is 19.5.